The van der Waals surface area contributed by atoms with E-state index < -0.39 is 0 Å². The quantitative estimate of drug-likeness (QED) is 0.554. The van der Waals surface area contributed by atoms with Crippen LogP contribution >= 0.6 is 0 Å². The summed E-state index contributed by atoms with van der Waals surface area (Å²) in [6, 6.07) is 9.28. The van der Waals surface area contributed by atoms with Gasteiger partial charge in [-0.1, -0.05) is 32.4 Å². The summed E-state index contributed by atoms with van der Waals surface area (Å²) >= 11 is 0. The summed E-state index contributed by atoms with van der Waals surface area (Å²) < 4.78 is 0. The van der Waals surface area contributed by atoms with Crippen LogP contribution < -0.4 is 10.6 Å². The van der Waals surface area contributed by atoms with Crippen LogP contribution in [0.15, 0.2) is 30.5 Å². The minimum Gasteiger partial charge on any atom is -0.382 e. The number of aromatic amines is 1. The van der Waals surface area contributed by atoms with Crippen molar-refractivity contribution in [3.05, 3.63) is 53.0 Å². The zero-order valence-corrected chi connectivity index (χ0v) is 19.2. The van der Waals surface area contributed by atoms with Gasteiger partial charge in [0.15, 0.2) is 0 Å². The molecular weight excluding hydrogens is 386 g/mol. The molecule has 6 nitrogen and oxygen atoms in total. The van der Waals surface area contributed by atoms with E-state index in [1.807, 2.05) is 6.92 Å². The Morgan fingerprint density at radius 1 is 1.06 bits per heavy atom. The van der Waals surface area contributed by atoms with E-state index in [1.165, 1.54) is 16.6 Å². The molecular formula is C25H33N5O. The molecule has 0 spiro atoms. The van der Waals surface area contributed by atoms with Crippen molar-refractivity contribution >= 4 is 22.5 Å². The van der Waals surface area contributed by atoms with Crippen molar-refractivity contribution in [1.29, 1.82) is 0 Å². The number of carbonyl (C=O) groups is 1. The first-order valence-electron chi connectivity index (χ1n) is 11.2. The van der Waals surface area contributed by atoms with Gasteiger partial charge in [0.1, 0.15) is 5.69 Å². The van der Waals surface area contributed by atoms with Crippen molar-refractivity contribution in [2.24, 2.45) is 0 Å². The van der Waals surface area contributed by atoms with Gasteiger partial charge in [0.2, 0.25) is 0 Å². The average molecular weight is 420 g/mol. The highest BCUT2D eigenvalue weighted by Gasteiger charge is 2.25. The third-order valence-electron chi connectivity index (χ3n) is 6.21. The highest BCUT2D eigenvalue weighted by Crippen LogP contribution is 2.32. The first-order chi connectivity index (χ1) is 14.7. The number of aryl methyl sites for hydroxylation is 2. The number of nitrogens with one attached hydrogen (secondary N) is 3. The molecule has 3 aromatic rings. The Balaban J connectivity index is 1.46. The normalized spacial score (nSPS) is 19.4. The maximum Gasteiger partial charge on any atom is 0.269 e. The standard InChI is InChI=1S/C25H33N5O/c1-15-6-11-20-19(12-15)21(13-22(29-20)25(3,4)5)27-17-7-9-18(10-8-17)28-24(31)23-16(2)14-26-30-23/h6,11-14,17-18H,7-10H2,1-5H3,(H,26,30)(H,27,29)(H,28,31). The summed E-state index contributed by atoms with van der Waals surface area (Å²) in [6.07, 6.45) is 5.65. The van der Waals surface area contributed by atoms with Crippen LogP contribution in [0.5, 0.6) is 0 Å². The number of pyridine rings is 1. The monoisotopic (exact) mass is 419 g/mol. The number of hydrogen-bond donors (Lipinski definition) is 3. The van der Waals surface area contributed by atoms with Crippen molar-refractivity contribution in [3.63, 3.8) is 0 Å². The zero-order valence-electron chi connectivity index (χ0n) is 19.2. The van der Waals surface area contributed by atoms with Crippen LogP contribution in [0.4, 0.5) is 5.69 Å². The van der Waals surface area contributed by atoms with E-state index in [9.17, 15) is 4.79 Å². The summed E-state index contributed by atoms with van der Waals surface area (Å²) in [5.41, 5.74) is 5.97. The second-order valence-electron chi connectivity index (χ2n) is 9.92. The first kappa shape index (κ1) is 21.3. The molecule has 4 rings (SSSR count). The summed E-state index contributed by atoms with van der Waals surface area (Å²) in [7, 11) is 0. The second-order valence-corrected chi connectivity index (χ2v) is 9.92. The third kappa shape index (κ3) is 4.73. The van der Waals surface area contributed by atoms with Gasteiger partial charge in [0, 0.05) is 34.3 Å². The predicted octanol–water partition coefficient (Wildman–Crippen LogP) is 5.03. The minimum absolute atomic E-state index is 0.0117. The Bertz CT molecular complexity index is 1090. The van der Waals surface area contributed by atoms with E-state index in [0.29, 0.717) is 11.7 Å². The van der Waals surface area contributed by atoms with Crippen molar-refractivity contribution < 1.29 is 4.79 Å². The molecule has 1 saturated carbocycles. The molecule has 6 heteroatoms. The van der Waals surface area contributed by atoms with E-state index in [1.54, 1.807) is 6.20 Å². The Kier molecular flexibility index (Phi) is 5.73. The number of benzene rings is 1. The lowest BCUT2D eigenvalue weighted by Crippen LogP contribution is -2.40. The lowest BCUT2D eigenvalue weighted by Gasteiger charge is -2.31. The van der Waals surface area contributed by atoms with Gasteiger partial charge in [0.25, 0.3) is 5.91 Å². The van der Waals surface area contributed by atoms with Gasteiger partial charge in [-0.05, 0) is 63.3 Å². The molecule has 1 aromatic carbocycles. The maximum atomic E-state index is 12.5. The number of anilines is 1. The minimum atomic E-state index is -0.0585. The summed E-state index contributed by atoms with van der Waals surface area (Å²) in [5, 5.41) is 14.9. The third-order valence-corrected chi connectivity index (χ3v) is 6.21. The molecule has 0 radical (unpaired) electrons. The molecule has 0 unspecified atom stereocenters. The molecule has 1 aliphatic carbocycles. The molecule has 31 heavy (non-hydrogen) atoms. The number of carbonyl (C=O) groups excluding carboxylic acids is 1. The summed E-state index contributed by atoms with van der Waals surface area (Å²) in [5.74, 6) is -0.0585. The van der Waals surface area contributed by atoms with Crippen molar-refractivity contribution in [1.82, 2.24) is 20.5 Å². The van der Waals surface area contributed by atoms with Gasteiger partial charge >= 0.3 is 0 Å². The molecule has 1 fully saturated rings. The number of fused-ring (bicyclic) bond motifs is 1. The molecule has 164 valence electrons. The molecule has 0 saturated heterocycles. The molecule has 2 heterocycles. The smallest absolute Gasteiger partial charge is 0.269 e. The number of amides is 1. The van der Waals surface area contributed by atoms with E-state index in [-0.39, 0.29) is 17.4 Å². The Morgan fingerprint density at radius 2 is 1.77 bits per heavy atom. The molecule has 3 N–H and O–H groups in total. The van der Waals surface area contributed by atoms with Gasteiger partial charge in [-0.3, -0.25) is 14.9 Å². The predicted molar refractivity (Wildman–Crippen MR) is 126 cm³/mol. The lowest BCUT2D eigenvalue weighted by molar-refractivity contribution is 0.0921. The topological polar surface area (TPSA) is 82.7 Å². The van der Waals surface area contributed by atoms with E-state index in [2.05, 4.69) is 72.8 Å². The fourth-order valence-electron chi connectivity index (χ4n) is 4.28. The summed E-state index contributed by atoms with van der Waals surface area (Å²) in [4.78, 5) is 17.4. The molecule has 1 aliphatic rings. The first-order valence-corrected chi connectivity index (χ1v) is 11.2. The lowest BCUT2D eigenvalue weighted by atomic mass is 9.89. The van der Waals surface area contributed by atoms with Gasteiger partial charge < -0.3 is 10.6 Å². The van der Waals surface area contributed by atoms with Crippen LogP contribution in [-0.4, -0.2) is 33.2 Å². The van der Waals surface area contributed by atoms with Crippen LogP contribution in [-0.2, 0) is 5.41 Å². The fraction of sp³-hybridized carbons (Fsp3) is 0.480. The Labute approximate surface area is 184 Å². The van der Waals surface area contributed by atoms with Crippen molar-refractivity contribution in [2.45, 2.75) is 77.8 Å². The van der Waals surface area contributed by atoms with Gasteiger partial charge in [-0.25, -0.2) is 0 Å². The molecule has 0 atom stereocenters. The van der Waals surface area contributed by atoms with E-state index >= 15 is 0 Å². The van der Waals surface area contributed by atoms with Crippen LogP contribution in [0, 0.1) is 13.8 Å². The van der Waals surface area contributed by atoms with Crippen molar-refractivity contribution in [3.8, 4) is 0 Å². The van der Waals surface area contributed by atoms with Crippen LogP contribution in [0.2, 0.25) is 0 Å². The number of rotatable bonds is 4. The zero-order chi connectivity index (χ0) is 22.2. The number of hydrogen-bond acceptors (Lipinski definition) is 4. The van der Waals surface area contributed by atoms with Crippen molar-refractivity contribution in [2.75, 3.05) is 5.32 Å². The number of H-pyrrole nitrogens is 1. The van der Waals surface area contributed by atoms with Crippen LogP contribution in [0.1, 0.15) is 73.8 Å². The molecule has 2 aromatic heterocycles. The molecule has 1 amide bonds. The Morgan fingerprint density at radius 3 is 2.42 bits per heavy atom. The van der Waals surface area contributed by atoms with Crippen LogP contribution in [0.3, 0.4) is 0 Å². The number of nitrogens with zero attached hydrogens (tertiary/aromatic N) is 2. The van der Waals surface area contributed by atoms with Gasteiger partial charge in [0.05, 0.1) is 11.7 Å². The van der Waals surface area contributed by atoms with Gasteiger partial charge in [-0.2, -0.15) is 5.10 Å². The van der Waals surface area contributed by atoms with E-state index in [0.717, 1.165) is 42.5 Å². The highest BCUT2D eigenvalue weighted by molar-refractivity contribution is 5.94. The fourth-order valence-corrected chi connectivity index (χ4v) is 4.28. The molecule has 0 bridgehead atoms. The second kappa shape index (κ2) is 8.33. The van der Waals surface area contributed by atoms with E-state index in [4.69, 9.17) is 4.98 Å². The highest BCUT2D eigenvalue weighted by atomic mass is 16.2. The largest absolute Gasteiger partial charge is 0.382 e. The SMILES string of the molecule is Cc1ccc2nc(C(C)(C)C)cc(NC3CCC(NC(=O)c4[nH]ncc4C)CC3)c2c1. The number of aromatic nitrogens is 3. The molecule has 0 aliphatic heterocycles. The Hall–Kier alpha value is -2.89. The van der Waals surface area contributed by atoms with Crippen LogP contribution in [0.25, 0.3) is 10.9 Å². The maximum absolute atomic E-state index is 12.5. The summed E-state index contributed by atoms with van der Waals surface area (Å²) in [6.45, 7) is 10.6. The van der Waals surface area contributed by atoms with Gasteiger partial charge in [-0.15, -0.1) is 0 Å². The average Bonchev–Trinajstić information content (AvgIpc) is 3.15.